The van der Waals surface area contributed by atoms with Gasteiger partial charge in [-0.25, -0.2) is 0 Å². The number of aromatic nitrogens is 2. The van der Waals surface area contributed by atoms with Crippen molar-refractivity contribution in [2.24, 2.45) is 5.92 Å². The minimum atomic E-state index is 0.0788. The van der Waals surface area contributed by atoms with Crippen LogP contribution in [0.2, 0.25) is 0 Å². The van der Waals surface area contributed by atoms with E-state index >= 15 is 0 Å². The van der Waals surface area contributed by atoms with E-state index in [-0.39, 0.29) is 5.91 Å². The topological polar surface area (TPSA) is 52.2 Å². The molecule has 0 bridgehead atoms. The van der Waals surface area contributed by atoms with Crippen LogP contribution in [0.5, 0.6) is 0 Å². The number of piperazine rings is 1. The molecule has 3 heterocycles. The van der Waals surface area contributed by atoms with Gasteiger partial charge in [0.25, 0.3) is 5.91 Å². The Kier molecular flexibility index (Phi) is 5.64. The van der Waals surface area contributed by atoms with Crippen LogP contribution in [0.25, 0.3) is 0 Å². The highest BCUT2D eigenvalue weighted by Crippen LogP contribution is 2.23. The maximum atomic E-state index is 12.6. The maximum absolute atomic E-state index is 12.6. The molecule has 2 saturated heterocycles. The van der Waals surface area contributed by atoms with Crippen molar-refractivity contribution in [3.63, 3.8) is 0 Å². The molecule has 1 aromatic heterocycles. The molecular formula is C17H28N4OS. The third kappa shape index (κ3) is 4.29. The fourth-order valence-corrected chi connectivity index (χ4v) is 4.60. The van der Waals surface area contributed by atoms with Gasteiger partial charge in [0, 0.05) is 37.9 Å². The first-order chi connectivity index (χ1) is 11.1. The van der Waals surface area contributed by atoms with Gasteiger partial charge in [0.1, 0.15) is 5.69 Å². The molecule has 23 heavy (non-hydrogen) atoms. The van der Waals surface area contributed by atoms with Gasteiger partial charge in [-0.05, 0) is 42.8 Å². The first-order valence-corrected chi connectivity index (χ1v) is 9.94. The van der Waals surface area contributed by atoms with E-state index in [2.05, 4.69) is 40.7 Å². The van der Waals surface area contributed by atoms with Gasteiger partial charge < -0.3 is 4.90 Å². The van der Waals surface area contributed by atoms with Gasteiger partial charge in [-0.3, -0.25) is 14.8 Å². The Bertz CT molecular complexity index is 516. The molecule has 128 valence electrons. The van der Waals surface area contributed by atoms with Gasteiger partial charge >= 0.3 is 0 Å². The highest BCUT2D eigenvalue weighted by Gasteiger charge is 2.28. The molecule has 3 rings (SSSR count). The van der Waals surface area contributed by atoms with Crippen LogP contribution in [0.4, 0.5) is 0 Å². The molecule has 2 aliphatic rings. The van der Waals surface area contributed by atoms with E-state index in [9.17, 15) is 4.79 Å². The summed E-state index contributed by atoms with van der Waals surface area (Å²) in [7, 11) is 0. The average Bonchev–Trinajstić information content (AvgIpc) is 3.03. The van der Waals surface area contributed by atoms with Gasteiger partial charge in [-0.2, -0.15) is 16.9 Å². The number of rotatable bonds is 4. The van der Waals surface area contributed by atoms with Crippen molar-refractivity contribution in [3.05, 3.63) is 17.5 Å². The van der Waals surface area contributed by atoms with Crippen LogP contribution in [0.15, 0.2) is 6.07 Å². The molecule has 0 unspecified atom stereocenters. The Morgan fingerprint density at radius 3 is 2.65 bits per heavy atom. The number of thioether (sulfide) groups is 1. The second-order valence-electron chi connectivity index (χ2n) is 7.05. The van der Waals surface area contributed by atoms with Crippen LogP contribution < -0.4 is 0 Å². The highest BCUT2D eigenvalue weighted by molar-refractivity contribution is 7.99. The average molecular weight is 337 g/mol. The molecule has 0 saturated carbocycles. The molecule has 0 radical (unpaired) electrons. The summed E-state index contributed by atoms with van der Waals surface area (Å²) in [5, 5.41) is 7.23. The second-order valence-corrected chi connectivity index (χ2v) is 8.27. The fraction of sp³-hybridized carbons (Fsp3) is 0.765. The van der Waals surface area contributed by atoms with Crippen molar-refractivity contribution < 1.29 is 4.79 Å². The molecule has 2 fully saturated rings. The fourth-order valence-electron chi connectivity index (χ4n) is 3.52. The van der Waals surface area contributed by atoms with Crippen molar-refractivity contribution in [3.8, 4) is 0 Å². The molecule has 1 amide bonds. The van der Waals surface area contributed by atoms with Crippen molar-refractivity contribution in [1.82, 2.24) is 20.0 Å². The van der Waals surface area contributed by atoms with Crippen molar-refractivity contribution in [2.75, 3.05) is 37.7 Å². The summed E-state index contributed by atoms with van der Waals surface area (Å²) in [5.41, 5.74) is 1.63. The molecule has 0 aliphatic carbocycles. The molecule has 0 spiro atoms. The van der Waals surface area contributed by atoms with E-state index in [0.29, 0.717) is 11.6 Å². The number of hydrogen-bond donors (Lipinski definition) is 1. The predicted octanol–water partition coefficient (Wildman–Crippen LogP) is 2.26. The summed E-state index contributed by atoms with van der Waals surface area (Å²) < 4.78 is 0. The zero-order valence-electron chi connectivity index (χ0n) is 14.3. The van der Waals surface area contributed by atoms with Crippen LogP contribution in [-0.4, -0.2) is 69.6 Å². The van der Waals surface area contributed by atoms with Gasteiger partial charge in [-0.1, -0.05) is 13.8 Å². The van der Waals surface area contributed by atoms with Gasteiger partial charge in [-0.15, -0.1) is 0 Å². The van der Waals surface area contributed by atoms with E-state index in [4.69, 9.17) is 0 Å². The number of carbonyl (C=O) groups excluding carboxylic acids is 1. The summed E-state index contributed by atoms with van der Waals surface area (Å²) in [6.45, 7) is 8.01. The van der Waals surface area contributed by atoms with E-state index in [1.807, 2.05) is 11.0 Å². The summed E-state index contributed by atoms with van der Waals surface area (Å²) in [6, 6.07) is 2.66. The molecular weight excluding hydrogens is 308 g/mol. The highest BCUT2D eigenvalue weighted by atomic mass is 32.2. The van der Waals surface area contributed by atoms with Gasteiger partial charge in [0.15, 0.2) is 0 Å². The van der Waals surface area contributed by atoms with Crippen LogP contribution in [0.1, 0.15) is 42.9 Å². The monoisotopic (exact) mass is 336 g/mol. The number of nitrogens with zero attached hydrogens (tertiary/aromatic N) is 3. The summed E-state index contributed by atoms with van der Waals surface area (Å²) in [5.74, 6) is 3.22. The molecule has 5 nitrogen and oxygen atoms in total. The third-order valence-electron chi connectivity index (χ3n) is 4.79. The van der Waals surface area contributed by atoms with Crippen LogP contribution in [0, 0.1) is 5.92 Å². The van der Waals surface area contributed by atoms with Crippen molar-refractivity contribution >= 4 is 17.7 Å². The lowest BCUT2D eigenvalue weighted by Crippen LogP contribution is -2.52. The zero-order valence-corrected chi connectivity index (χ0v) is 15.1. The van der Waals surface area contributed by atoms with Crippen LogP contribution >= 0.6 is 11.8 Å². The SMILES string of the molecule is CC(C)Cc1cc(C(=O)N2CCN(C3CCSCC3)CC2)n[nH]1. The summed E-state index contributed by atoms with van der Waals surface area (Å²) in [4.78, 5) is 17.1. The van der Waals surface area contributed by atoms with E-state index in [1.54, 1.807) is 0 Å². The van der Waals surface area contributed by atoms with Gasteiger partial charge in [0.2, 0.25) is 0 Å². The maximum Gasteiger partial charge on any atom is 0.274 e. The standard InChI is InChI=1S/C17H28N4OS/c1-13(2)11-14-12-16(19-18-14)17(22)21-7-5-20(6-8-21)15-3-9-23-10-4-15/h12-13,15H,3-11H2,1-2H3,(H,18,19). The Morgan fingerprint density at radius 2 is 2.00 bits per heavy atom. The Hall–Kier alpha value is -1.01. The molecule has 1 N–H and O–H groups in total. The Balaban J connectivity index is 1.52. The Morgan fingerprint density at radius 1 is 1.30 bits per heavy atom. The molecule has 0 aromatic carbocycles. The van der Waals surface area contributed by atoms with E-state index < -0.39 is 0 Å². The third-order valence-corrected chi connectivity index (χ3v) is 5.84. The predicted molar refractivity (Wildman–Crippen MR) is 95.0 cm³/mol. The quantitative estimate of drug-likeness (QED) is 0.916. The number of hydrogen-bond acceptors (Lipinski definition) is 4. The first kappa shape index (κ1) is 16.8. The lowest BCUT2D eigenvalue weighted by Gasteiger charge is -2.40. The lowest BCUT2D eigenvalue weighted by atomic mass is 10.1. The molecule has 0 atom stereocenters. The number of nitrogens with one attached hydrogen (secondary N) is 1. The zero-order chi connectivity index (χ0) is 16.2. The number of H-pyrrole nitrogens is 1. The van der Waals surface area contributed by atoms with E-state index in [1.165, 1.54) is 24.3 Å². The summed E-state index contributed by atoms with van der Waals surface area (Å²) in [6.07, 6.45) is 3.54. The van der Waals surface area contributed by atoms with E-state index in [0.717, 1.165) is 44.3 Å². The smallest absolute Gasteiger partial charge is 0.274 e. The summed E-state index contributed by atoms with van der Waals surface area (Å²) >= 11 is 2.07. The molecule has 2 aliphatic heterocycles. The number of amides is 1. The first-order valence-electron chi connectivity index (χ1n) is 8.79. The van der Waals surface area contributed by atoms with Crippen LogP contribution in [0.3, 0.4) is 0 Å². The van der Waals surface area contributed by atoms with Gasteiger partial charge in [0.05, 0.1) is 0 Å². The van der Waals surface area contributed by atoms with Crippen molar-refractivity contribution in [1.29, 1.82) is 0 Å². The number of aromatic amines is 1. The molecule has 1 aromatic rings. The largest absolute Gasteiger partial charge is 0.335 e. The molecule has 6 heteroatoms. The minimum Gasteiger partial charge on any atom is -0.335 e. The number of carbonyl (C=O) groups is 1. The lowest BCUT2D eigenvalue weighted by molar-refractivity contribution is 0.0554. The second kappa shape index (κ2) is 7.71. The normalized spacial score (nSPS) is 21.1. The Labute approximate surface area is 143 Å². The van der Waals surface area contributed by atoms with Crippen LogP contribution in [-0.2, 0) is 6.42 Å². The minimum absolute atomic E-state index is 0.0788. The van der Waals surface area contributed by atoms with Crippen molar-refractivity contribution in [2.45, 2.75) is 39.2 Å².